The summed E-state index contributed by atoms with van der Waals surface area (Å²) in [6.45, 7) is 1.71. The number of likely N-dealkylation sites (N-methyl/N-ethyl adjacent to an activating group) is 1. The first-order chi connectivity index (χ1) is 15.1. The van der Waals surface area contributed by atoms with Crippen molar-refractivity contribution >= 4 is 11.7 Å². The van der Waals surface area contributed by atoms with Gasteiger partial charge in [0.05, 0.1) is 6.54 Å². The standard InChI is InChI=1S/C25H33N3O3/c1-27(20-11-4-3-5-12-20)16-19-10-6-7-13-22(19)26-25(29)28(2)17-21-18-30-23-14-8-9-15-24(23)31-21/h6-10,13-15,20-21H,3-5,11-12,16-18H2,1-2H3,(H,26,29)/t21-/m0/s1. The SMILES string of the molecule is CN(C[C@H]1COc2ccccc2O1)C(=O)Nc1ccccc1CN(C)C1CCCCC1. The zero-order valence-corrected chi connectivity index (χ0v) is 18.5. The van der Waals surface area contributed by atoms with Crippen LogP contribution in [0.25, 0.3) is 0 Å². The van der Waals surface area contributed by atoms with Gasteiger partial charge < -0.3 is 19.7 Å². The highest BCUT2D eigenvalue weighted by Crippen LogP contribution is 2.31. The smallest absolute Gasteiger partial charge is 0.321 e. The molecular weight excluding hydrogens is 390 g/mol. The number of amides is 2. The van der Waals surface area contributed by atoms with Gasteiger partial charge in [-0.25, -0.2) is 4.79 Å². The van der Waals surface area contributed by atoms with E-state index in [0.717, 1.165) is 29.3 Å². The fraction of sp³-hybridized carbons (Fsp3) is 0.480. The van der Waals surface area contributed by atoms with Crippen molar-refractivity contribution in [2.45, 2.75) is 50.8 Å². The number of rotatable bonds is 6. The second-order valence-electron chi connectivity index (χ2n) is 8.67. The average molecular weight is 424 g/mol. The Balaban J connectivity index is 1.34. The monoisotopic (exact) mass is 423 g/mol. The van der Waals surface area contributed by atoms with Crippen molar-refractivity contribution in [3.63, 3.8) is 0 Å². The highest BCUT2D eigenvalue weighted by molar-refractivity contribution is 5.90. The number of carbonyl (C=O) groups is 1. The van der Waals surface area contributed by atoms with Crippen molar-refractivity contribution in [3.05, 3.63) is 54.1 Å². The van der Waals surface area contributed by atoms with Gasteiger partial charge in [-0.3, -0.25) is 4.90 Å². The molecule has 0 aromatic heterocycles. The molecule has 31 heavy (non-hydrogen) atoms. The summed E-state index contributed by atoms with van der Waals surface area (Å²) < 4.78 is 11.8. The Bertz CT molecular complexity index is 882. The number of carbonyl (C=O) groups excluding carboxylic acids is 1. The molecule has 2 aromatic carbocycles. The molecular formula is C25H33N3O3. The third-order valence-electron chi connectivity index (χ3n) is 6.27. The Hall–Kier alpha value is -2.73. The number of nitrogens with one attached hydrogen (secondary N) is 1. The van der Waals surface area contributed by atoms with E-state index >= 15 is 0 Å². The van der Waals surface area contributed by atoms with E-state index in [9.17, 15) is 4.79 Å². The molecule has 1 aliphatic heterocycles. The van der Waals surface area contributed by atoms with Crippen molar-refractivity contribution in [1.82, 2.24) is 9.80 Å². The van der Waals surface area contributed by atoms with E-state index < -0.39 is 0 Å². The van der Waals surface area contributed by atoms with Gasteiger partial charge >= 0.3 is 6.03 Å². The Labute approximate surface area is 185 Å². The van der Waals surface area contributed by atoms with Gasteiger partial charge in [0.2, 0.25) is 0 Å². The van der Waals surface area contributed by atoms with Crippen LogP contribution in [0.2, 0.25) is 0 Å². The summed E-state index contributed by atoms with van der Waals surface area (Å²) in [5.41, 5.74) is 2.01. The van der Waals surface area contributed by atoms with E-state index in [1.807, 2.05) is 42.5 Å². The Morgan fingerprint density at radius 1 is 1.00 bits per heavy atom. The lowest BCUT2D eigenvalue weighted by atomic mass is 9.94. The molecule has 4 rings (SSSR count). The second kappa shape index (κ2) is 10.1. The van der Waals surface area contributed by atoms with Crippen LogP contribution in [-0.4, -0.2) is 55.2 Å². The van der Waals surface area contributed by atoms with E-state index in [4.69, 9.17) is 9.47 Å². The van der Waals surface area contributed by atoms with Crippen molar-refractivity contribution < 1.29 is 14.3 Å². The first-order valence-corrected chi connectivity index (χ1v) is 11.3. The molecule has 0 saturated heterocycles. The molecule has 0 radical (unpaired) electrons. The van der Waals surface area contributed by atoms with Gasteiger partial charge in [-0.1, -0.05) is 49.6 Å². The van der Waals surface area contributed by atoms with Crippen molar-refractivity contribution in [1.29, 1.82) is 0 Å². The van der Waals surface area contributed by atoms with Crippen LogP contribution in [0.1, 0.15) is 37.7 Å². The summed E-state index contributed by atoms with van der Waals surface area (Å²) in [5.74, 6) is 1.48. The Kier molecular flexibility index (Phi) is 6.97. The molecule has 0 bridgehead atoms. The lowest BCUT2D eigenvalue weighted by Gasteiger charge is -2.32. The highest BCUT2D eigenvalue weighted by Gasteiger charge is 2.24. The summed E-state index contributed by atoms with van der Waals surface area (Å²) in [4.78, 5) is 17.0. The molecule has 2 aromatic rings. The zero-order valence-electron chi connectivity index (χ0n) is 18.5. The maximum atomic E-state index is 12.9. The number of benzene rings is 2. The number of anilines is 1. The lowest BCUT2D eigenvalue weighted by molar-refractivity contribution is 0.0731. The Morgan fingerprint density at radius 2 is 1.71 bits per heavy atom. The fourth-order valence-corrected chi connectivity index (χ4v) is 4.45. The molecule has 0 unspecified atom stereocenters. The minimum Gasteiger partial charge on any atom is -0.486 e. The first kappa shape index (κ1) is 21.5. The van der Waals surface area contributed by atoms with E-state index in [0.29, 0.717) is 19.2 Å². The molecule has 166 valence electrons. The molecule has 1 fully saturated rings. The van der Waals surface area contributed by atoms with Crippen LogP contribution in [0, 0.1) is 0 Å². The van der Waals surface area contributed by atoms with Crippen LogP contribution in [0.5, 0.6) is 11.5 Å². The normalized spacial score (nSPS) is 18.6. The van der Waals surface area contributed by atoms with E-state index in [-0.39, 0.29) is 12.1 Å². The quantitative estimate of drug-likeness (QED) is 0.728. The van der Waals surface area contributed by atoms with Crippen LogP contribution in [-0.2, 0) is 6.54 Å². The van der Waals surface area contributed by atoms with Gasteiger partial charge in [-0.2, -0.15) is 0 Å². The first-order valence-electron chi connectivity index (χ1n) is 11.3. The van der Waals surface area contributed by atoms with Gasteiger partial charge in [-0.05, 0) is 43.7 Å². The fourth-order valence-electron chi connectivity index (χ4n) is 4.45. The molecule has 0 spiro atoms. The number of hydrogen-bond donors (Lipinski definition) is 1. The van der Waals surface area contributed by atoms with Crippen LogP contribution in [0.15, 0.2) is 48.5 Å². The molecule has 1 saturated carbocycles. The van der Waals surface area contributed by atoms with Crippen molar-refractivity contribution in [3.8, 4) is 11.5 Å². The Morgan fingerprint density at radius 3 is 2.52 bits per heavy atom. The van der Waals surface area contributed by atoms with Crippen LogP contribution in [0.3, 0.4) is 0 Å². The van der Waals surface area contributed by atoms with Crippen molar-refractivity contribution in [2.75, 3.05) is 32.6 Å². The number of nitrogens with zero attached hydrogens (tertiary/aromatic N) is 2. The minimum atomic E-state index is -0.196. The molecule has 1 N–H and O–H groups in total. The van der Waals surface area contributed by atoms with E-state index in [2.05, 4.69) is 23.3 Å². The number of para-hydroxylation sites is 3. The lowest BCUT2D eigenvalue weighted by Crippen LogP contribution is -2.43. The van der Waals surface area contributed by atoms with Crippen molar-refractivity contribution in [2.24, 2.45) is 0 Å². The van der Waals surface area contributed by atoms with Gasteiger partial charge in [0.15, 0.2) is 17.6 Å². The van der Waals surface area contributed by atoms with Gasteiger partial charge in [0.25, 0.3) is 0 Å². The molecule has 1 heterocycles. The maximum absolute atomic E-state index is 12.9. The third-order valence-corrected chi connectivity index (χ3v) is 6.27. The average Bonchev–Trinajstić information content (AvgIpc) is 2.80. The minimum absolute atomic E-state index is 0.143. The molecule has 6 heteroatoms. The van der Waals surface area contributed by atoms with Gasteiger partial charge in [0, 0.05) is 25.3 Å². The topological polar surface area (TPSA) is 54.0 Å². The zero-order chi connectivity index (χ0) is 21.6. The molecule has 6 nitrogen and oxygen atoms in total. The van der Waals surface area contributed by atoms with Gasteiger partial charge in [0.1, 0.15) is 6.61 Å². The predicted octanol–water partition coefficient (Wildman–Crippen LogP) is 4.75. The molecule has 2 amide bonds. The molecule has 2 aliphatic rings. The largest absolute Gasteiger partial charge is 0.486 e. The van der Waals surface area contributed by atoms with E-state index in [1.54, 1.807) is 11.9 Å². The summed E-state index contributed by atoms with van der Waals surface area (Å²) in [6, 6.07) is 16.2. The molecule has 1 atom stereocenters. The highest BCUT2D eigenvalue weighted by atomic mass is 16.6. The summed E-state index contributed by atoms with van der Waals surface area (Å²) in [6.07, 6.45) is 6.31. The van der Waals surface area contributed by atoms with Crippen LogP contribution >= 0.6 is 0 Å². The van der Waals surface area contributed by atoms with Crippen LogP contribution < -0.4 is 14.8 Å². The number of hydrogen-bond acceptors (Lipinski definition) is 4. The number of fused-ring (bicyclic) bond motifs is 1. The summed E-state index contributed by atoms with van der Waals surface area (Å²) in [5, 5.41) is 3.09. The van der Waals surface area contributed by atoms with Crippen LogP contribution in [0.4, 0.5) is 10.5 Å². The molecule has 1 aliphatic carbocycles. The summed E-state index contributed by atoms with van der Waals surface area (Å²) in [7, 11) is 3.98. The third kappa shape index (κ3) is 5.50. The maximum Gasteiger partial charge on any atom is 0.321 e. The van der Waals surface area contributed by atoms with E-state index in [1.165, 1.54) is 32.1 Å². The second-order valence-corrected chi connectivity index (χ2v) is 8.67. The summed E-state index contributed by atoms with van der Waals surface area (Å²) >= 11 is 0. The number of urea groups is 1. The predicted molar refractivity (Wildman–Crippen MR) is 123 cm³/mol. The van der Waals surface area contributed by atoms with Gasteiger partial charge in [-0.15, -0.1) is 0 Å². The number of ether oxygens (including phenoxy) is 2.